The lowest BCUT2D eigenvalue weighted by Gasteiger charge is -2.18. The minimum absolute atomic E-state index is 0.0384. The molecule has 2 aromatic heterocycles. The van der Waals surface area contributed by atoms with E-state index in [1.54, 1.807) is 23.9 Å². The van der Waals surface area contributed by atoms with Crippen molar-refractivity contribution >= 4 is 23.1 Å². The zero-order chi connectivity index (χ0) is 24.0. The number of imide groups is 1. The number of aromatic nitrogens is 3. The van der Waals surface area contributed by atoms with Crippen molar-refractivity contribution in [2.75, 3.05) is 13.2 Å². The van der Waals surface area contributed by atoms with Gasteiger partial charge in [0.15, 0.2) is 12.4 Å². The fourth-order valence-corrected chi connectivity index (χ4v) is 4.45. The van der Waals surface area contributed by atoms with E-state index in [1.807, 2.05) is 19.1 Å². The van der Waals surface area contributed by atoms with E-state index < -0.39 is 23.2 Å². The molecule has 5 rings (SSSR count). The minimum atomic E-state index is -0.533. The predicted molar refractivity (Wildman–Crippen MR) is 121 cm³/mol. The second kappa shape index (κ2) is 8.49. The first-order chi connectivity index (χ1) is 16.3. The summed E-state index contributed by atoms with van der Waals surface area (Å²) in [6, 6.07) is 9.07. The summed E-state index contributed by atoms with van der Waals surface area (Å²) >= 11 is 0. The molecule has 0 radical (unpaired) electrons. The Labute approximate surface area is 194 Å². The summed E-state index contributed by atoms with van der Waals surface area (Å²) in [6.07, 6.45) is 4.82. The molecule has 8 nitrogen and oxygen atoms in total. The van der Waals surface area contributed by atoms with Crippen molar-refractivity contribution in [1.82, 2.24) is 14.7 Å². The maximum Gasteiger partial charge on any atom is 0.327 e. The molecule has 2 amide bonds. The van der Waals surface area contributed by atoms with Gasteiger partial charge >= 0.3 is 5.91 Å². The summed E-state index contributed by atoms with van der Waals surface area (Å²) in [7, 11) is 0. The standard InChI is InChI=1S/C25H23FN4O4/c1-15-9-11-28(12-10-15)22-21(23(31)29(25(22)33)14-19-4-3-13-34-19)20-16(2)27-30(24(20)32)18-7-5-17(26)6-8-18/h5-12,19H,3-4,13-14H2,1-2H3/p+1/t19-/m1/s1. The highest BCUT2D eigenvalue weighted by Gasteiger charge is 2.48. The number of amides is 2. The van der Waals surface area contributed by atoms with Gasteiger partial charge in [-0.05, 0) is 56.5 Å². The maximum absolute atomic E-state index is 13.6. The van der Waals surface area contributed by atoms with Crippen molar-refractivity contribution in [1.29, 1.82) is 0 Å². The van der Waals surface area contributed by atoms with Gasteiger partial charge in [0.2, 0.25) is 0 Å². The number of nitrogens with zero attached hydrogens (tertiary/aromatic N) is 3. The molecule has 3 aromatic rings. The van der Waals surface area contributed by atoms with Crippen LogP contribution in [-0.4, -0.2) is 45.8 Å². The number of hydrogen-bond donors (Lipinski definition) is 1. The normalized spacial score (nSPS) is 18.4. The molecular weight excluding hydrogens is 439 g/mol. The van der Waals surface area contributed by atoms with Crippen molar-refractivity contribution in [2.45, 2.75) is 32.8 Å². The Morgan fingerprint density at radius 2 is 1.76 bits per heavy atom. The molecule has 0 saturated carbocycles. The van der Waals surface area contributed by atoms with Gasteiger partial charge in [0.05, 0.1) is 23.9 Å². The summed E-state index contributed by atoms with van der Waals surface area (Å²) in [5.74, 6) is -1.44. The van der Waals surface area contributed by atoms with Gasteiger partial charge in [-0.25, -0.2) is 9.07 Å². The highest BCUT2D eigenvalue weighted by Crippen LogP contribution is 2.31. The van der Waals surface area contributed by atoms with Gasteiger partial charge < -0.3 is 4.74 Å². The van der Waals surface area contributed by atoms with E-state index in [9.17, 15) is 18.8 Å². The fourth-order valence-electron chi connectivity index (χ4n) is 4.45. The molecule has 2 aliphatic heterocycles. The lowest BCUT2D eigenvalue weighted by molar-refractivity contribution is -0.577. The van der Waals surface area contributed by atoms with Gasteiger partial charge in [-0.2, -0.15) is 4.57 Å². The Kier molecular flexibility index (Phi) is 5.49. The number of carbonyl (C=O) groups excluding carboxylic acids is 2. The number of aryl methyl sites for hydroxylation is 2. The molecule has 1 aromatic carbocycles. The van der Waals surface area contributed by atoms with Gasteiger partial charge in [-0.15, -0.1) is 0 Å². The van der Waals surface area contributed by atoms with Gasteiger partial charge in [0.1, 0.15) is 11.4 Å². The van der Waals surface area contributed by atoms with Crippen LogP contribution < -0.4 is 10.1 Å². The van der Waals surface area contributed by atoms with Crippen LogP contribution in [0.5, 0.6) is 0 Å². The van der Waals surface area contributed by atoms with Crippen LogP contribution in [0.4, 0.5) is 4.39 Å². The summed E-state index contributed by atoms with van der Waals surface area (Å²) in [6.45, 7) is 4.32. The molecule has 34 heavy (non-hydrogen) atoms. The third kappa shape index (κ3) is 3.67. The number of nitrogens with one attached hydrogen (secondary N) is 1. The van der Waals surface area contributed by atoms with Gasteiger partial charge in [0, 0.05) is 24.4 Å². The molecule has 0 aliphatic carbocycles. The first kappa shape index (κ1) is 22.0. The van der Waals surface area contributed by atoms with Crippen molar-refractivity contribution in [3.8, 4) is 5.69 Å². The highest BCUT2D eigenvalue weighted by molar-refractivity contribution is 6.44. The van der Waals surface area contributed by atoms with Crippen LogP contribution in [0.3, 0.4) is 0 Å². The van der Waals surface area contributed by atoms with E-state index in [1.165, 1.54) is 33.8 Å². The second-order valence-electron chi connectivity index (χ2n) is 8.59. The van der Waals surface area contributed by atoms with E-state index in [0.717, 1.165) is 18.4 Å². The molecular formula is C25H24FN4O4+. The Morgan fingerprint density at radius 1 is 1.06 bits per heavy atom. The molecule has 0 bridgehead atoms. The molecule has 174 valence electrons. The van der Waals surface area contributed by atoms with E-state index in [2.05, 4.69) is 5.10 Å². The number of carbonyl (C=O) groups is 2. The van der Waals surface area contributed by atoms with Crippen LogP contribution in [0.25, 0.3) is 17.0 Å². The van der Waals surface area contributed by atoms with E-state index in [-0.39, 0.29) is 29.5 Å². The first-order valence-corrected chi connectivity index (χ1v) is 11.1. The van der Waals surface area contributed by atoms with Gasteiger partial charge in [0.25, 0.3) is 17.2 Å². The Bertz CT molecular complexity index is 1360. The Morgan fingerprint density at radius 3 is 2.41 bits per heavy atom. The topological polar surface area (TPSA) is 88.3 Å². The van der Waals surface area contributed by atoms with Crippen molar-refractivity contribution in [3.63, 3.8) is 0 Å². The van der Waals surface area contributed by atoms with Crippen LogP contribution in [0.15, 0.2) is 53.6 Å². The third-order valence-electron chi connectivity index (χ3n) is 6.21. The van der Waals surface area contributed by atoms with E-state index >= 15 is 0 Å². The van der Waals surface area contributed by atoms with Crippen LogP contribution in [0, 0.1) is 19.7 Å². The molecule has 1 saturated heterocycles. The summed E-state index contributed by atoms with van der Waals surface area (Å²) < 4.78 is 21.9. The van der Waals surface area contributed by atoms with Crippen LogP contribution >= 0.6 is 0 Å². The summed E-state index contributed by atoms with van der Waals surface area (Å²) in [5.41, 5.74) is 1.60. The SMILES string of the molecule is Cc1cc[n+](C2=C(c3c(C)[nH]n(-c4ccc(F)cc4)c3=O)C(=O)N(C[C@H]3CCCO3)C2=O)cc1. The van der Waals surface area contributed by atoms with Crippen molar-refractivity contribution in [2.24, 2.45) is 0 Å². The lowest BCUT2D eigenvalue weighted by atomic mass is 10.1. The number of hydrogen-bond acceptors (Lipinski definition) is 4. The number of pyridine rings is 1. The number of rotatable bonds is 5. The number of ether oxygens (including phenoxy) is 1. The summed E-state index contributed by atoms with van der Waals surface area (Å²) in [5, 5.41) is 2.96. The van der Waals surface area contributed by atoms with Crippen molar-refractivity contribution < 1.29 is 23.3 Å². The number of aromatic amines is 1. The average Bonchev–Trinajstić information content (AvgIpc) is 3.50. The molecule has 0 unspecified atom stereocenters. The maximum atomic E-state index is 13.6. The predicted octanol–water partition coefficient (Wildman–Crippen LogP) is 2.13. The van der Waals surface area contributed by atoms with Crippen LogP contribution in [0.1, 0.15) is 29.7 Å². The number of benzene rings is 1. The summed E-state index contributed by atoms with van der Waals surface area (Å²) in [4.78, 5) is 41.8. The Balaban J connectivity index is 1.66. The smallest absolute Gasteiger partial charge is 0.327 e. The fraction of sp³-hybridized carbons (Fsp3) is 0.280. The van der Waals surface area contributed by atoms with E-state index in [4.69, 9.17) is 4.74 Å². The average molecular weight is 463 g/mol. The lowest BCUT2D eigenvalue weighted by Crippen LogP contribution is -2.42. The number of H-pyrrole nitrogens is 1. The minimum Gasteiger partial charge on any atom is -0.376 e. The van der Waals surface area contributed by atoms with E-state index in [0.29, 0.717) is 18.0 Å². The van der Waals surface area contributed by atoms with Crippen molar-refractivity contribution in [3.05, 3.63) is 81.8 Å². The third-order valence-corrected chi connectivity index (χ3v) is 6.21. The quantitative estimate of drug-likeness (QED) is 0.464. The number of halogens is 1. The molecule has 9 heteroatoms. The first-order valence-electron chi connectivity index (χ1n) is 11.1. The monoisotopic (exact) mass is 463 g/mol. The highest BCUT2D eigenvalue weighted by atomic mass is 19.1. The zero-order valence-electron chi connectivity index (χ0n) is 18.9. The Hall–Kier alpha value is -3.85. The second-order valence-corrected chi connectivity index (χ2v) is 8.59. The molecule has 4 heterocycles. The molecule has 1 fully saturated rings. The zero-order valence-corrected chi connectivity index (χ0v) is 18.9. The molecule has 1 N–H and O–H groups in total. The van der Waals surface area contributed by atoms with Crippen LogP contribution in [0.2, 0.25) is 0 Å². The molecule has 0 spiro atoms. The van der Waals surface area contributed by atoms with Gasteiger partial charge in [-0.1, -0.05) is 0 Å². The molecule has 1 atom stereocenters. The van der Waals surface area contributed by atoms with Crippen LogP contribution in [-0.2, 0) is 14.3 Å². The largest absolute Gasteiger partial charge is 0.376 e. The molecule has 2 aliphatic rings. The van der Waals surface area contributed by atoms with Gasteiger partial charge in [-0.3, -0.25) is 24.4 Å².